The molecule has 1 aliphatic rings. The van der Waals surface area contributed by atoms with Gasteiger partial charge in [0.2, 0.25) is 0 Å². The molecule has 0 spiro atoms. The van der Waals surface area contributed by atoms with Crippen LogP contribution in [0.5, 0.6) is 0 Å². The molecule has 0 aliphatic carbocycles. The number of benzene rings is 2. The number of hydrogen-bond donors (Lipinski definition) is 1. The van der Waals surface area contributed by atoms with Crippen LogP contribution in [0.3, 0.4) is 0 Å². The predicted molar refractivity (Wildman–Crippen MR) is 84.7 cm³/mol. The summed E-state index contributed by atoms with van der Waals surface area (Å²) in [6.07, 6.45) is 0. The molecule has 5 nitrogen and oxygen atoms in total. The molecule has 0 bridgehead atoms. The lowest BCUT2D eigenvalue weighted by molar-refractivity contribution is 0.233. The normalized spacial score (nSPS) is 16.1. The molecule has 8 heteroatoms. The topological polar surface area (TPSA) is 66.5 Å². The van der Waals surface area contributed by atoms with Crippen LogP contribution in [0.4, 0.5) is 10.5 Å². The first kappa shape index (κ1) is 15.1. The minimum atomic E-state index is -3.91. The van der Waals surface area contributed by atoms with Crippen LogP contribution in [0, 0.1) is 0 Å². The Morgan fingerprint density at radius 3 is 2.50 bits per heavy atom. The van der Waals surface area contributed by atoms with E-state index in [1.54, 1.807) is 30.3 Å². The van der Waals surface area contributed by atoms with E-state index in [-0.39, 0.29) is 17.1 Å². The molecule has 0 unspecified atom stereocenters. The molecule has 2 aromatic rings. The number of anilines is 1. The highest BCUT2D eigenvalue weighted by Crippen LogP contribution is 2.31. The highest BCUT2D eigenvalue weighted by molar-refractivity contribution is 7.90. The van der Waals surface area contributed by atoms with Gasteiger partial charge in [-0.05, 0) is 29.8 Å². The summed E-state index contributed by atoms with van der Waals surface area (Å²) in [7, 11) is -3.91. The van der Waals surface area contributed by atoms with E-state index in [0.717, 1.165) is 4.31 Å². The molecule has 0 atom stereocenters. The second kappa shape index (κ2) is 5.46. The molecule has 2 amide bonds. The van der Waals surface area contributed by atoms with Gasteiger partial charge in [0.1, 0.15) is 4.90 Å². The quantitative estimate of drug-likeness (QED) is 0.891. The van der Waals surface area contributed by atoms with Crippen LogP contribution >= 0.6 is 23.2 Å². The third-order valence-corrected chi connectivity index (χ3v) is 5.76. The van der Waals surface area contributed by atoms with Gasteiger partial charge in [0.25, 0.3) is 10.0 Å². The number of halogens is 2. The first-order chi connectivity index (χ1) is 10.4. The van der Waals surface area contributed by atoms with Crippen molar-refractivity contribution in [3.63, 3.8) is 0 Å². The Labute approximate surface area is 137 Å². The molecule has 1 heterocycles. The van der Waals surface area contributed by atoms with Crippen LogP contribution in [0.25, 0.3) is 0 Å². The Balaban J connectivity index is 2.00. The molecule has 1 aliphatic heterocycles. The second-order valence-corrected chi connectivity index (χ2v) is 7.33. The Hall–Kier alpha value is -1.76. The van der Waals surface area contributed by atoms with Gasteiger partial charge in [-0.25, -0.2) is 17.5 Å². The minimum Gasteiger partial charge on any atom is -0.306 e. The summed E-state index contributed by atoms with van der Waals surface area (Å²) in [4.78, 5) is 12.2. The van der Waals surface area contributed by atoms with Crippen LogP contribution in [0.15, 0.2) is 47.4 Å². The number of urea groups is 1. The van der Waals surface area contributed by atoms with Crippen molar-refractivity contribution in [3.05, 3.63) is 58.1 Å². The lowest BCUT2D eigenvalue weighted by Crippen LogP contribution is -2.43. The van der Waals surface area contributed by atoms with Gasteiger partial charge in [-0.1, -0.05) is 41.4 Å². The fourth-order valence-corrected chi connectivity index (χ4v) is 3.95. The summed E-state index contributed by atoms with van der Waals surface area (Å²) in [5, 5.41) is 3.22. The van der Waals surface area contributed by atoms with Gasteiger partial charge in [-0.2, -0.15) is 0 Å². The van der Waals surface area contributed by atoms with E-state index in [1.165, 1.54) is 12.1 Å². The molecule has 3 rings (SSSR count). The molecule has 2 aromatic carbocycles. The fourth-order valence-electron chi connectivity index (χ4n) is 2.16. The monoisotopic (exact) mass is 356 g/mol. The first-order valence-corrected chi connectivity index (χ1v) is 8.46. The zero-order chi connectivity index (χ0) is 15.9. The van der Waals surface area contributed by atoms with Crippen molar-refractivity contribution in [1.29, 1.82) is 0 Å². The fraction of sp³-hybridized carbons (Fsp3) is 0.0714. The number of para-hydroxylation sites is 1. The van der Waals surface area contributed by atoms with Crippen LogP contribution < -0.4 is 5.32 Å². The zero-order valence-corrected chi connectivity index (χ0v) is 13.4. The lowest BCUT2D eigenvalue weighted by Gasteiger charge is -2.28. The number of carbonyl (C=O) groups is 1. The molecule has 114 valence electrons. The molecule has 0 aromatic heterocycles. The van der Waals surface area contributed by atoms with Gasteiger partial charge < -0.3 is 5.32 Å². The summed E-state index contributed by atoms with van der Waals surface area (Å²) in [5.41, 5.74) is 0.838. The van der Waals surface area contributed by atoms with Crippen molar-refractivity contribution < 1.29 is 13.2 Å². The number of nitrogens with one attached hydrogen (secondary N) is 1. The van der Waals surface area contributed by atoms with Gasteiger partial charge in [-0.15, -0.1) is 0 Å². The van der Waals surface area contributed by atoms with Crippen LogP contribution in [-0.2, 0) is 16.6 Å². The van der Waals surface area contributed by atoms with E-state index in [9.17, 15) is 13.2 Å². The minimum absolute atomic E-state index is 0.0645. The highest BCUT2D eigenvalue weighted by Gasteiger charge is 2.36. The van der Waals surface area contributed by atoms with Crippen LogP contribution in [0.1, 0.15) is 5.56 Å². The number of carbonyl (C=O) groups excluding carboxylic acids is 1. The van der Waals surface area contributed by atoms with Crippen molar-refractivity contribution in [3.8, 4) is 0 Å². The number of sulfonamides is 1. The second-order valence-electron chi connectivity index (χ2n) is 4.69. The summed E-state index contributed by atoms with van der Waals surface area (Å²) in [6.45, 7) is -0.126. The van der Waals surface area contributed by atoms with Gasteiger partial charge in [0.05, 0.1) is 22.3 Å². The number of hydrogen-bond acceptors (Lipinski definition) is 3. The largest absolute Gasteiger partial charge is 0.336 e. The van der Waals surface area contributed by atoms with Gasteiger partial charge >= 0.3 is 6.03 Å². The van der Waals surface area contributed by atoms with Crippen molar-refractivity contribution in [2.75, 3.05) is 5.32 Å². The van der Waals surface area contributed by atoms with E-state index < -0.39 is 16.1 Å². The average Bonchev–Trinajstić information content (AvgIpc) is 2.47. The summed E-state index contributed by atoms with van der Waals surface area (Å²) < 4.78 is 25.9. The van der Waals surface area contributed by atoms with E-state index in [0.29, 0.717) is 15.6 Å². The Morgan fingerprint density at radius 1 is 1.05 bits per heavy atom. The first-order valence-electron chi connectivity index (χ1n) is 6.26. The summed E-state index contributed by atoms with van der Waals surface area (Å²) >= 11 is 11.8. The number of amides is 2. The molecule has 0 radical (unpaired) electrons. The van der Waals surface area contributed by atoms with Gasteiger partial charge in [0.15, 0.2) is 0 Å². The van der Waals surface area contributed by atoms with E-state index in [4.69, 9.17) is 23.2 Å². The van der Waals surface area contributed by atoms with Crippen molar-refractivity contribution >= 4 is 44.9 Å². The highest BCUT2D eigenvalue weighted by atomic mass is 35.5. The van der Waals surface area contributed by atoms with Crippen molar-refractivity contribution in [2.45, 2.75) is 11.4 Å². The van der Waals surface area contributed by atoms with E-state index in [1.807, 2.05) is 0 Å². The van der Waals surface area contributed by atoms with E-state index >= 15 is 0 Å². The van der Waals surface area contributed by atoms with Gasteiger partial charge in [0, 0.05) is 0 Å². The standard InChI is InChI=1S/C14H10Cl2N2O3S/c15-10-6-5-9(7-11(10)16)8-18-14(19)17-12-3-1-2-4-13(12)22(18,20)21/h1-7H,8H2,(H,17,19). The predicted octanol–water partition coefficient (Wildman–Crippen LogP) is 3.73. The molecule has 1 N–H and O–H groups in total. The lowest BCUT2D eigenvalue weighted by atomic mass is 10.2. The summed E-state index contributed by atoms with van der Waals surface area (Å²) in [5.74, 6) is 0. The number of fused-ring (bicyclic) bond motifs is 1. The maximum atomic E-state index is 12.6. The molecular weight excluding hydrogens is 347 g/mol. The van der Waals surface area contributed by atoms with Gasteiger partial charge in [-0.3, -0.25) is 0 Å². The Kier molecular flexibility index (Phi) is 3.76. The van der Waals surface area contributed by atoms with Crippen LogP contribution in [-0.4, -0.2) is 18.8 Å². The molecule has 0 fully saturated rings. The molecular formula is C14H10Cl2N2O3S. The Bertz CT molecular complexity index is 868. The maximum Gasteiger partial charge on any atom is 0.336 e. The Morgan fingerprint density at radius 2 is 1.77 bits per heavy atom. The van der Waals surface area contributed by atoms with Crippen LogP contribution in [0.2, 0.25) is 10.0 Å². The molecule has 0 saturated carbocycles. The smallest absolute Gasteiger partial charge is 0.306 e. The number of rotatable bonds is 2. The third-order valence-electron chi connectivity index (χ3n) is 3.23. The van der Waals surface area contributed by atoms with Crippen molar-refractivity contribution in [1.82, 2.24) is 4.31 Å². The molecule has 0 saturated heterocycles. The number of nitrogens with zero attached hydrogens (tertiary/aromatic N) is 1. The van der Waals surface area contributed by atoms with E-state index in [2.05, 4.69) is 5.32 Å². The summed E-state index contributed by atoms with van der Waals surface area (Å²) in [6, 6.07) is 10.3. The van der Waals surface area contributed by atoms with Crippen molar-refractivity contribution in [2.24, 2.45) is 0 Å². The SMILES string of the molecule is O=C1Nc2ccccc2S(=O)(=O)N1Cc1ccc(Cl)c(Cl)c1. The zero-order valence-electron chi connectivity index (χ0n) is 11.1. The third kappa shape index (κ3) is 2.54. The average molecular weight is 357 g/mol. The maximum absolute atomic E-state index is 12.6. The molecule has 22 heavy (non-hydrogen) atoms.